The molecule has 0 bridgehead atoms. The van der Waals surface area contributed by atoms with Crippen LogP contribution >= 0.6 is 23.2 Å². The molecule has 0 radical (unpaired) electrons. The average molecular weight is 517 g/mol. The lowest BCUT2D eigenvalue weighted by atomic mass is 9.81. The topological polar surface area (TPSA) is 98.8 Å². The van der Waals surface area contributed by atoms with Gasteiger partial charge in [-0.15, -0.1) is 0 Å². The Morgan fingerprint density at radius 3 is 2.43 bits per heavy atom. The summed E-state index contributed by atoms with van der Waals surface area (Å²) in [4.78, 5) is 54.2. The lowest BCUT2D eigenvalue weighted by molar-refractivity contribution is -0.144. The maximum atomic E-state index is 13.3. The first kappa shape index (κ1) is 25.0. The normalized spacial score (nSPS) is 19.8. The molecule has 10 heteroatoms. The molecule has 35 heavy (non-hydrogen) atoms. The number of para-hydroxylation sites is 1. The van der Waals surface area contributed by atoms with E-state index in [0.29, 0.717) is 34.1 Å². The minimum absolute atomic E-state index is 0.125. The maximum Gasteiger partial charge on any atom is 0.327 e. The molecule has 1 saturated heterocycles. The van der Waals surface area contributed by atoms with Crippen LogP contribution in [-0.4, -0.2) is 52.7 Å². The van der Waals surface area contributed by atoms with E-state index in [9.17, 15) is 19.2 Å². The first-order valence-electron chi connectivity index (χ1n) is 11.5. The molecule has 2 fully saturated rings. The molecule has 5 amide bonds. The molecule has 0 aromatic heterocycles. The van der Waals surface area contributed by atoms with Crippen LogP contribution in [0.3, 0.4) is 0 Å². The van der Waals surface area contributed by atoms with E-state index in [1.807, 2.05) is 6.07 Å². The number of urea groups is 1. The summed E-state index contributed by atoms with van der Waals surface area (Å²) in [6.45, 7) is -0.496. The molecule has 2 unspecified atom stereocenters. The number of carbonyl (C=O) groups excluding carboxylic acids is 4. The number of hydrogen-bond acceptors (Lipinski definition) is 4. The number of nitrogens with one attached hydrogen (secondary N) is 2. The number of amides is 5. The summed E-state index contributed by atoms with van der Waals surface area (Å²) in [5.41, 5.74) is 1.28. The van der Waals surface area contributed by atoms with E-state index >= 15 is 0 Å². The number of halogens is 2. The van der Waals surface area contributed by atoms with Gasteiger partial charge in [0.2, 0.25) is 17.7 Å². The third-order valence-electron chi connectivity index (χ3n) is 6.35. The number of benzene rings is 2. The zero-order valence-electron chi connectivity index (χ0n) is 19.0. The molecule has 2 atom stereocenters. The fourth-order valence-corrected chi connectivity index (χ4v) is 5.10. The third kappa shape index (κ3) is 5.94. The van der Waals surface area contributed by atoms with Crippen LogP contribution in [0, 0.1) is 5.92 Å². The maximum absolute atomic E-state index is 13.3. The van der Waals surface area contributed by atoms with E-state index in [1.165, 1.54) is 4.90 Å². The number of fused-ring (bicyclic) bond motifs is 1. The Balaban J connectivity index is 1.44. The molecule has 184 valence electrons. The highest BCUT2D eigenvalue weighted by Gasteiger charge is 2.47. The highest BCUT2D eigenvalue weighted by molar-refractivity contribution is 6.35. The number of hydrogen-bond donors (Lipinski definition) is 2. The highest BCUT2D eigenvalue weighted by atomic mass is 35.5. The molecule has 1 heterocycles. The van der Waals surface area contributed by atoms with Crippen LogP contribution in [0.15, 0.2) is 48.5 Å². The second-order valence-electron chi connectivity index (χ2n) is 8.72. The average Bonchev–Trinajstić information content (AvgIpc) is 2.84. The van der Waals surface area contributed by atoms with Gasteiger partial charge in [-0.3, -0.25) is 19.3 Å². The molecule has 2 N–H and O–H groups in total. The van der Waals surface area contributed by atoms with Gasteiger partial charge in [0.15, 0.2) is 0 Å². The van der Waals surface area contributed by atoms with E-state index in [0.717, 1.165) is 17.7 Å². The lowest BCUT2D eigenvalue weighted by Crippen LogP contribution is -2.64. The van der Waals surface area contributed by atoms with Gasteiger partial charge in [0, 0.05) is 28.3 Å². The van der Waals surface area contributed by atoms with Crippen LogP contribution in [0.4, 0.5) is 10.5 Å². The quantitative estimate of drug-likeness (QED) is 0.579. The Morgan fingerprint density at radius 2 is 1.69 bits per heavy atom. The van der Waals surface area contributed by atoms with Crippen LogP contribution < -0.4 is 10.6 Å². The molecule has 1 aliphatic heterocycles. The van der Waals surface area contributed by atoms with Crippen molar-refractivity contribution in [2.24, 2.45) is 5.92 Å². The van der Waals surface area contributed by atoms with Crippen molar-refractivity contribution in [2.75, 3.05) is 18.4 Å². The fourth-order valence-electron chi connectivity index (χ4n) is 4.63. The molecule has 8 nitrogen and oxygen atoms in total. The van der Waals surface area contributed by atoms with Gasteiger partial charge in [-0.05, 0) is 42.7 Å². The molecule has 1 aliphatic carbocycles. The van der Waals surface area contributed by atoms with Gasteiger partial charge in [-0.1, -0.05) is 60.3 Å². The summed E-state index contributed by atoms with van der Waals surface area (Å²) >= 11 is 12.1. The standard InChI is InChI=1S/C25H26Cl2N4O4/c26-17-11-10-16(20(27)12-17)13-28-22(32)14-31-24(34)19-8-4-5-9-21(19)30(25(31)35)15-23(33)29-18-6-2-1-3-7-18/h1-3,6-7,10-12,19,21H,4-5,8-9,13-15H2,(H,28,32)(H,29,33). The van der Waals surface area contributed by atoms with Crippen LogP contribution in [-0.2, 0) is 20.9 Å². The van der Waals surface area contributed by atoms with Crippen molar-refractivity contribution in [1.82, 2.24) is 15.1 Å². The minimum atomic E-state index is -0.624. The second kappa shape index (κ2) is 11.1. The molecule has 4 rings (SSSR count). The molecule has 2 aliphatic rings. The smallest absolute Gasteiger partial charge is 0.327 e. The molecule has 0 spiro atoms. The van der Waals surface area contributed by atoms with Crippen LogP contribution in [0.1, 0.15) is 31.2 Å². The minimum Gasteiger partial charge on any atom is -0.350 e. The summed E-state index contributed by atoms with van der Waals surface area (Å²) in [5.74, 6) is -1.64. The van der Waals surface area contributed by atoms with Gasteiger partial charge in [0.05, 0.1) is 5.92 Å². The SMILES string of the molecule is O=C(CN1C(=O)C2CCCCC2N(CC(=O)Nc2ccccc2)C1=O)NCc1ccc(Cl)cc1Cl. The van der Waals surface area contributed by atoms with Gasteiger partial charge < -0.3 is 15.5 Å². The molecule has 2 aromatic carbocycles. The molecular weight excluding hydrogens is 491 g/mol. The first-order valence-corrected chi connectivity index (χ1v) is 12.3. The largest absolute Gasteiger partial charge is 0.350 e. The Labute approximate surface area is 213 Å². The van der Waals surface area contributed by atoms with Gasteiger partial charge in [-0.25, -0.2) is 4.79 Å². The number of anilines is 1. The van der Waals surface area contributed by atoms with Crippen molar-refractivity contribution in [2.45, 2.75) is 38.3 Å². The summed E-state index contributed by atoms with van der Waals surface area (Å²) < 4.78 is 0. The van der Waals surface area contributed by atoms with Crippen molar-refractivity contribution >= 4 is 52.6 Å². The van der Waals surface area contributed by atoms with Crippen molar-refractivity contribution in [1.29, 1.82) is 0 Å². The number of imide groups is 1. The van der Waals surface area contributed by atoms with E-state index in [1.54, 1.807) is 42.5 Å². The van der Waals surface area contributed by atoms with Crippen molar-refractivity contribution in [3.8, 4) is 0 Å². The third-order valence-corrected chi connectivity index (χ3v) is 6.94. The highest BCUT2D eigenvalue weighted by Crippen LogP contribution is 2.34. The zero-order valence-corrected chi connectivity index (χ0v) is 20.5. The van der Waals surface area contributed by atoms with E-state index in [-0.39, 0.29) is 30.9 Å². The van der Waals surface area contributed by atoms with E-state index in [4.69, 9.17) is 23.2 Å². The Hall–Kier alpha value is -3.10. The molecule has 1 saturated carbocycles. The Morgan fingerprint density at radius 1 is 0.943 bits per heavy atom. The van der Waals surface area contributed by atoms with Crippen LogP contribution in [0.2, 0.25) is 10.0 Å². The number of carbonyl (C=O) groups is 4. The predicted octanol–water partition coefficient (Wildman–Crippen LogP) is 4.07. The van der Waals surface area contributed by atoms with E-state index in [2.05, 4.69) is 10.6 Å². The summed E-state index contributed by atoms with van der Waals surface area (Å²) in [5, 5.41) is 6.37. The number of nitrogens with zero attached hydrogens (tertiary/aromatic N) is 2. The van der Waals surface area contributed by atoms with Crippen LogP contribution in [0.25, 0.3) is 0 Å². The van der Waals surface area contributed by atoms with Gasteiger partial charge in [0.1, 0.15) is 13.1 Å². The zero-order chi connectivity index (χ0) is 24.9. The monoisotopic (exact) mass is 516 g/mol. The summed E-state index contributed by atoms with van der Waals surface area (Å²) in [6, 6.07) is 12.9. The van der Waals surface area contributed by atoms with Crippen molar-refractivity contribution in [3.05, 3.63) is 64.1 Å². The van der Waals surface area contributed by atoms with Crippen LogP contribution in [0.5, 0.6) is 0 Å². The predicted molar refractivity (Wildman–Crippen MR) is 133 cm³/mol. The fraction of sp³-hybridized carbons (Fsp3) is 0.360. The summed E-state index contributed by atoms with van der Waals surface area (Å²) in [6.07, 6.45) is 3.00. The summed E-state index contributed by atoms with van der Waals surface area (Å²) in [7, 11) is 0. The lowest BCUT2D eigenvalue weighted by Gasteiger charge is -2.46. The number of rotatable bonds is 7. The Kier molecular flexibility index (Phi) is 7.93. The Bertz CT molecular complexity index is 1130. The van der Waals surface area contributed by atoms with Crippen molar-refractivity contribution in [3.63, 3.8) is 0 Å². The van der Waals surface area contributed by atoms with Gasteiger partial charge in [-0.2, -0.15) is 0 Å². The van der Waals surface area contributed by atoms with Gasteiger partial charge in [0.25, 0.3) is 0 Å². The molecule has 2 aromatic rings. The van der Waals surface area contributed by atoms with Gasteiger partial charge >= 0.3 is 6.03 Å². The molecular formula is C25H26Cl2N4O4. The second-order valence-corrected chi connectivity index (χ2v) is 9.56. The first-order chi connectivity index (χ1) is 16.8. The van der Waals surface area contributed by atoms with E-state index < -0.39 is 24.4 Å². The van der Waals surface area contributed by atoms with Crippen molar-refractivity contribution < 1.29 is 19.2 Å².